The van der Waals surface area contributed by atoms with Crippen molar-refractivity contribution in [3.63, 3.8) is 0 Å². The average Bonchev–Trinajstić information content (AvgIpc) is 3.38. The molecule has 1 aliphatic heterocycles. The molecule has 156 valence electrons. The van der Waals surface area contributed by atoms with Crippen molar-refractivity contribution in [1.29, 1.82) is 0 Å². The van der Waals surface area contributed by atoms with Gasteiger partial charge in [-0.2, -0.15) is 4.31 Å². The maximum Gasteiger partial charge on any atom is 0.286 e. The van der Waals surface area contributed by atoms with Crippen molar-refractivity contribution in [2.24, 2.45) is 0 Å². The van der Waals surface area contributed by atoms with Gasteiger partial charge in [-0.05, 0) is 36.6 Å². The van der Waals surface area contributed by atoms with Gasteiger partial charge in [-0.25, -0.2) is 8.42 Å². The highest BCUT2D eigenvalue weighted by atomic mass is 35.5. The first kappa shape index (κ1) is 20.9. The molecule has 1 saturated heterocycles. The SMILES string of the molecule is O=C(Nc1cccc(Cl)c1)c1nnc([C@@H]2CCCN2S(=O)(=O)Cc2ccccc2)s1. The molecule has 1 aromatic heterocycles. The van der Waals surface area contributed by atoms with Gasteiger partial charge < -0.3 is 5.32 Å². The van der Waals surface area contributed by atoms with Gasteiger partial charge in [-0.1, -0.05) is 59.3 Å². The third-order valence-electron chi connectivity index (χ3n) is 4.76. The standard InChI is InChI=1S/C20H19ClN4O3S2/c21-15-8-4-9-16(12-15)22-18(26)20-24-23-19(29-20)17-10-5-11-25(17)30(27,28)13-14-6-2-1-3-7-14/h1-4,6-9,12,17H,5,10-11,13H2,(H,22,26)/t17-/m0/s1. The molecule has 0 radical (unpaired) electrons. The summed E-state index contributed by atoms with van der Waals surface area (Å²) in [4.78, 5) is 12.5. The molecular weight excluding hydrogens is 444 g/mol. The Morgan fingerprint density at radius 2 is 1.97 bits per heavy atom. The maximum atomic E-state index is 13.0. The second-order valence-corrected chi connectivity index (χ2v) is 10.3. The van der Waals surface area contributed by atoms with Crippen LogP contribution in [0.15, 0.2) is 54.6 Å². The lowest BCUT2D eigenvalue weighted by Crippen LogP contribution is -2.31. The highest BCUT2D eigenvalue weighted by Crippen LogP contribution is 2.36. The molecule has 7 nitrogen and oxygen atoms in total. The van der Waals surface area contributed by atoms with Crippen LogP contribution in [0.1, 0.15) is 39.3 Å². The quantitative estimate of drug-likeness (QED) is 0.595. The van der Waals surface area contributed by atoms with Crippen LogP contribution in [0.4, 0.5) is 5.69 Å². The third-order valence-corrected chi connectivity index (χ3v) is 7.86. The van der Waals surface area contributed by atoms with Crippen molar-refractivity contribution < 1.29 is 13.2 Å². The molecule has 0 aliphatic carbocycles. The van der Waals surface area contributed by atoms with Crippen molar-refractivity contribution in [3.05, 3.63) is 75.2 Å². The summed E-state index contributed by atoms with van der Waals surface area (Å²) in [5.41, 5.74) is 1.29. The highest BCUT2D eigenvalue weighted by molar-refractivity contribution is 7.88. The lowest BCUT2D eigenvalue weighted by Gasteiger charge is -2.22. The number of benzene rings is 2. The van der Waals surface area contributed by atoms with Crippen molar-refractivity contribution in [2.45, 2.75) is 24.6 Å². The Bertz CT molecular complexity index is 1150. The van der Waals surface area contributed by atoms with Crippen LogP contribution >= 0.6 is 22.9 Å². The van der Waals surface area contributed by atoms with Crippen LogP contribution in [-0.4, -0.2) is 35.4 Å². The number of hydrogen-bond donors (Lipinski definition) is 1. The lowest BCUT2D eigenvalue weighted by molar-refractivity contribution is 0.102. The van der Waals surface area contributed by atoms with Gasteiger partial charge in [0.2, 0.25) is 15.0 Å². The number of carbonyl (C=O) groups excluding carboxylic acids is 1. The first-order chi connectivity index (χ1) is 14.4. The van der Waals surface area contributed by atoms with E-state index < -0.39 is 22.0 Å². The average molecular weight is 463 g/mol. The van der Waals surface area contributed by atoms with E-state index in [0.717, 1.165) is 23.3 Å². The summed E-state index contributed by atoms with van der Waals surface area (Å²) in [7, 11) is -3.52. The van der Waals surface area contributed by atoms with Gasteiger partial charge in [0.25, 0.3) is 5.91 Å². The van der Waals surface area contributed by atoms with Crippen LogP contribution < -0.4 is 5.32 Å². The fourth-order valence-corrected chi connectivity index (χ4v) is 6.32. The zero-order chi connectivity index (χ0) is 21.1. The molecule has 0 spiro atoms. The van der Waals surface area contributed by atoms with E-state index in [1.807, 2.05) is 18.2 Å². The van der Waals surface area contributed by atoms with Crippen LogP contribution in [-0.2, 0) is 15.8 Å². The number of carbonyl (C=O) groups is 1. The second-order valence-electron chi connectivity index (χ2n) is 6.92. The summed E-state index contributed by atoms with van der Waals surface area (Å²) in [6.45, 7) is 0.434. The number of aromatic nitrogens is 2. The molecular formula is C20H19ClN4O3S2. The summed E-state index contributed by atoms with van der Waals surface area (Å²) in [6, 6.07) is 15.5. The van der Waals surface area contributed by atoms with Crippen LogP contribution in [0.3, 0.4) is 0 Å². The Labute approximate surface area is 183 Å². The van der Waals surface area contributed by atoms with E-state index in [-0.39, 0.29) is 10.8 Å². The maximum absolute atomic E-state index is 13.0. The number of nitrogens with one attached hydrogen (secondary N) is 1. The number of hydrogen-bond acceptors (Lipinski definition) is 6. The molecule has 10 heteroatoms. The molecule has 3 aromatic rings. The van der Waals surface area contributed by atoms with Gasteiger partial charge in [0.05, 0.1) is 11.8 Å². The minimum absolute atomic E-state index is 0.0642. The summed E-state index contributed by atoms with van der Waals surface area (Å²) >= 11 is 7.06. The van der Waals surface area contributed by atoms with Gasteiger partial charge in [0.15, 0.2) is 0 Å². The van der Waals surface area contributed by atoms with Crippen LogP contribution in [0.2, 0.25) is 5.02 Å². The number of rotatable bonds is 6. The van der Waals surface area contributed by atoms with Gasteiger partial charge in [0.1, 0.15) is 5.01 Å². The topological polar surface area (TPSA) is 92.3 Å². The summed E-state index contributed by atoms with van der Waals surface area (Å²) in [6.07, 6.45) is 1.39. The molecule has 0 bridgehead atoms. The van der Waals surface area contributed by atoms with E-state index >= 15 is 0 Å². The van der Waals surface area contributed by atoms with E-state index in [1.165, 1.54) is 4.31 Å². The zero-order valence-electron chi connectivity index (χ0n) is 15.9. The summed E-state index contributed by atoms with van der Waals surface area (Å²) < 4.78 is 27.5. The van der Waals surface area contributed by atoms with E-state index in [1.54, 1.807) is 36.4 Å². The second kappa shape index (κ2) is 8.81. The molecule has 1 fully saturated rings. The fraction of sp³-hybridized carbons (Fsp3) is 0.250. The molecule has 1 amide bonds. The van der Waals surface area contributed by atoms with Gasteiger partial charge in [-0.15, -0.1) is 10.2 Å². The van der Waals surface area contributed by atoms with Crippen molar-refractivity contribution in [1.82, 2.24) is 14.5 Å². The van der Waals surface area contributed by atoms with Crippen molar-refractivity contribution in [2.75, 3.05) is 11.9 Å². The fourth-order valence-electron chi connectivity index (χ4n) is 3.40. The molecule has 0 unspecified atom stereocenters. The number of anilines is 1. The first-order valence-electron chi connectivity index (χ1n) is 9.36. The molecule has 1 atom stereocenters. The Balaban J connectivity index is 1.50. The van der Waals surface area contributed by atoms with Gasteiger partial charge in [0, 0.05) is 17.3 Å². The van der Waals surface area contributed by atoms with Gasteiger partial charge in [-0.3, -0.25) is 4.79 Å². The predicted molar refractivity (Wildman–Crippen MR) is 117 cm³/mol. The molecule has 2 aromatic carbocycles. The molecule has 1 aliphatic rings. The monoisotopic (exact) mass is 462 g/mol. The minimum atomic E-state index is -3.52. The molecule has 1 N–H and O–H groups in total. The smallest absolute Gasteiger partial charge is 0.286 e. The molecule has 4 rings (SSSR count). The normalized spacial score (nSPS) is 17.2. The molecule has 30 heavy (non-hydrogen) atoms. The highest BCUT2D eigenvalue weighted by Gasteiger charge is 2.37. The van der Waals surface area contributed by atoms with Crippen LogP contribution in [0.5, 0.6) is 0 Å². The summed E-state index contributed by atoms with van der Waals surface area (Å²) in [5, 5.41) is 12.1. The predicted octanol–water partition coefficient (Wildman–Crippen LogP) is 4.11. The largest absolute Gasteiger partial charge is 0.320 e. The van der Waals surface area contributed by atoms with Gasteiger partial charge >= 0.3 is 0 Å². The number of nitrogens with zero attached hydrogens (tertiary/aromatic N) is 3. The number of amides is 1. The lowest BCUT2D eigenvalue weighted by atomic mass is 10.2. The van der Waals surface area contributed by atoms with Crippen LogP contribution in [0.25, 0.3) is 0 Å². The first-order valence-corrected chi connectivity index (χ1v) is 12.2. The van der Waals surface area contributed by atoms with Crippen molar-refractivity contribution >= 4 is 44.6 Å². The van der Waals surface area contributed by atoms with E-state index in [0.29, 0.717) is 28.7 Å². The number of sulfonamides is 1. The van der Waals surface area contributed by atoms with E-state index in [2.05, 4.69) is 15.5 Å². The van der Waals surface area contributed by atoms with E-state index in [4.69, 9.17) is 11.6 Å². The Kier molecular flexibility index (Phi) is 6.14. The Hall–Kier alpha value is -2.33. The summed E-state index contributed by atoms with van der Waals surface area (Å²) in [5.74, 6) is -0.469. The van der Waals surface area contributed by atoms with Crippen molar-refractivity contribution in [3.8, 4) is 0 Å². The third kappa shape index (κ3) is 4.70. The zero-order valence-corrected chi connectivity index (χ0v) is 18.3. The molecule has 2 heterocycles. The number of halogens is 1. The molecule has 0 saturated carbocycles. The Morgan fingerprint density at radius 1 is 1.17 bits per heavy atom. The van der Waals surface area contributed by atoms with Crippen LogP contribution in [0, 0.1) is 0 Å². The Morgan fingerprint density at radius 3 is 2.73 bits per heavy atom. The van der Waals surface area contributed by atoms with E-state index in [9.17, 15) is 13.2 Å². The minimum Gasteiger partial charge on any atom is -0.320 e.